The maximum absolute atomic E-state index is 5.87. The van der Waals surface area contributed by atoms with Crippen LogP contribution in [0.2, 0.25) is 0 Å². The number of hydrogen-bond acceptors (Lipinski definition) is 4. The highest BCUT2D eigenvalue weighted by molar-refractivity contribution is 7.80. The van der Waals surface area contributed by atoms with E-state index in [9.17, 15) is 0 Å². The van der Waals surface area contributed by atoms with Gasteiger partial charge in [0.1, 0.15) is 10.8 Å². The van der Waals surface area contributed by atoms with Gasteiger partial charge in [-0.1, -0.05) is 24.4 Å². The lowest BCUT2D eigenvalue weighted by molar-refractivity contribution is 0.811. The van der Waals surface area contributed by atoms with Crippen molar-refractivity contribution in [3.63, 3.8) is 0 Å². The lowest BCUT2D eigenvalue weighted by Crippen LogP contribution is -2.37. The molecule has 1 aliphatic rings. The summed E-state index contributed by atoms with van der Waals surface area (Å²) in [5.41, 5.74) is 10.00. The summed E-state index contributed by atoms with van der Waals surface area (Å²) >= 11 is 5.18. The highest BCUT2D eigenvalue weighted by atomic mass is 32.1. The largest absolute Gasteiger partial charge is 0.389 e. The Balaban J connectivity index is 2.16. The minimum absolute atomic E-state index is 0.383. The Morgan fingerprint density at radius 2 is 1.86 bits per heavy atom. The van der Waals surface area contributed by atoms with Crippen LogP contribution in [0.15, 0.2) is 36.4 Å². The Morgan fingerprint density at radius 3 is 2.57 bits per heavy atom. The summed E-state index contributed by atoms with van der Waals surface area (Å²) in [6.07, 6.45) is 0. The first-order chi connectivity index (χ1) is 10.1. The number of nitrogens with zero attached hydrogens (tertiary/aromatic N) is 3. The topological polar surface area (TPSA) is 45.4 Å². The van der Waals surface area contributed by atoms with Gasteiger partial charge in [-0.05, 0) is 31.2 Å². The van der Waals surface area contributed by atoms with Gasteiger partial charge in [-0.25, -0.2) is 4.98 Å². The van der Waals surface area contributed by atoms with Crippen molar-refractivity contribution in [1.82, 2.24) is 4.98 Å². The standard InChI is InChI=1S/C16H18N4S/c1-11-7-8-12(15(17)21)16(18-11)20-10-9-19(2)13-5-3-4-6-14(13)20/h3-8H,9-10H2,1-2H3,(H2,17,21). The van der Waals surface area contributed by atoms with Gasteiger partial charge >= 0.3 is 0 Å². The SMILES string of the molecule is Cc1ccc(C(N)=S)c(N2CCN(C)c3ccccc32)n1. The normalized spacial score (nSPS) is 14.0. The van der Waals surface area contributed by atoms with Gasteiger partial charge in [0.05, 0.1) is 16.9 Å². The second kappa shape index (κ2) is 5.33. The Kier molecular flexibility index (Phi) is 3.51. The van der Waals surface area contributed by atoms with Crippen molar-refractivity contribution in [3.8, 4) is 0 Å². The van der Waals surface area contributed by atoms with E-state index < -0.39 is 0 Å². The monoisotopic (exact) mass is 298 g/mol. The van der Waals surface area contributed by atoms with Crippen molar-refractivity contribution < 1.29 is 0 Å². The maximum Gasteiger partial charge on any atom is 0.143 e. The van der Waals surface area contributed by atoms with E-state index in [4.69, 9.17) is 18.0 Å². The fourth-order valence-corrected chi connectivity index (χ4v) is 2.83. The minimum atomic E-state index is 0.383. The number of likely N-dealkylation sites (N-methyl/N-ethyl adjacent to an activating group) is 1. The first-order valence-electron chi connectivity index (χ1n) is 6.93. The molecule has 0 saturated heterocycles. The van der Waals surface area contributed by atoms with Gasteiger partial charge in [-0.15, -0.1) is 0 Å². The van der Waals surface area contributed by atoms with E-state index >= 15 is 0 Å². The van der Waals surface area contributed by atoms with E-state index in [-0.39, 0.29) is 0 Å². The number of anilines is 3. The molecule has 1 aromatic carbocycles. The molecule has 0 fully saturated rings. The van der Waals surface area contributed by atoms with Crippen LogP contribution in [0.25, 0.3) is 0 Å². The Hall–Kier alpha value is -2.14. The molecule has 3 rings (SSSR count). The summed E-state index contributed by atoms with van der Waals surface area (Å²) < 4.78 is 0. The summed E-state index contributed by atoms with van der Waals surface area (Å²) in [4.78, 5) is 9.52. The number of nitrogens with two attached hydrogens (primary N) is 1. The van der Waals surface area contributed by atoms with Crippen LogP contribution in [0.1, 0.15) is 11.3 Å². The van der Waals surface area contributed by atoms with Gasteiger partial charge < -0.3 is 15.5 Å². The molecule has 0 amide bonds. The molecule has 108 valence electrons. The lowest BCUT2D eigenvalue weighted by atomic mass is 10.1. The molecule has 21 heavy (non-hydrogen) atoms. The summed E-state index contributed by atoms with van der Waals surface area (Å²) in [5.74, 6) is 0.850. The van der Waals surface area contributed by atoms with Gasteiger partial charge in [0.2, 0.25) is 0 Å². The fraction of sp³-hybridized carbons (Fsp3) is 0.250. The van der Waals surface area contributed by atoms with Crippen LogP contribution >= 0.6 is 12.2 Å². The van der Waals surface area contributed by atoms with Crippen LogP contribution in [0, 0.1) is 6.92 Å². The molecule has 0 radical (unpaired) electrons. The number of thiocarbonyl (C=S) groups is 1. The molecule has 0 bridgehead atoms. The fourth-order valence-electron chi connectivity index (χ4n) is 2.67. The highest BCUT2D eigenvalue weighted by Gasteiger charge is 2.24. The average Bonchev–Trinajstić information content (AvgIpc) is 2.47. The van der Waals surface area contributed by atoms with E-state index in [1.165, 1.54) is 5.69 Å². The molecule has 2 aromatic rings. The Labute approximate surface area is 130 Å². The number of aromatic nitrogens is 1. The van der Waals surface area contributed by atoms with Crippen molar-refractivity contribution in [2.75, 3.05) is 29.9 Å². The lowest BCUT2D eigenvalue weighted by Gasteiger charge is -2.37. The van der Waals surface area contributed by atoms with E-state index in [1.807, 2.05) is 25.1 Å². The molecular weight excluding hydrogens is 280 g/mol. The minimum Gasteiger partial charge on any atom is -0.389 e. The molecule has 4 nitrogen and oxygen atoms in total. The summed E-state index contributed by atoms with van der Waals surface area (Å²) in [6, 6.07) is 12.2. The zero-order valence-electron chi connectivity index (χ0n) is 12.2. The molecule has 0 spiro atoms. The van der Waals surface area contributed by atoms with Crippen LogP contribution < -0.4 is 15.5 Å². The van der Waals surface area contributed by atoms with Crippen LogP contribution in [0.5, 0.6) is 0 Å². The molecule has 1 aliphatic heterocycles. The quantitative estimate of drug-likeness (QED) is 0.864. The number of para-hydroxylation sites is 2. The van der Waals surface area contributed by atoms with Crippen LogP contribution in [-0.4, -0.2) is 30.1 Å². The first kappa shape index (κ1) is 13.8. The third-order valence-electron chi connectivity index (χ3n) is 3.78. The second-order valence-electron chi connectivity index (χ2n) is 5.25. The smallest absolute Gasteiger partial charge is 0.143 e. The number of aryl methyl sites for hydroxylation is 1. The van der Waals surface area contributed by atoms with Gasteiger partial charge in [0.25, 0.3) is 0 Å². The van der Waals surface area contributed by atoms with Crippen LogP contribution in [-0.2, 0) is 0 Å². The van der Waals surface area contributed by atoms with Crippen molar-refractivity contribution in [2.45, 2.75) is 6.92 Å². The van der Waals surface area contributed by atoms with Gasteiger partial charge in [0.15, 0.2) is 0 Å². The maximum atomic E-state index is 5.87. The average molecular weight is 298 g/mol. The third-order valence-corrected chi connectivity index (χ3v) is 4.00. The van der Waals surface area contributed by atoms with Crippen molar-refractivity contribution in [1.29, 1.82) is 0 Å². The molecule has 1 aromatic heterocycles. The second-order valence-corrected chi connectivity index (χ2v) is 5.69. The Bertz CT molecular complexity index is 698. The number of hydrogen-bond donors (Lipinski definition) is 1. The predicted octanol–water partition coefficient (Wildman–Crippen LogP) is 2.61. The number of fused-ring (bicyclic) bond motifs is 1. The molecule has 0 unspecified atom stereocenters. The van der Waals surface area contributed by atoms with Crippen molar-refractivity contribution in [2.24, 2.45) is 5.73 Å². The van der Waals surface area contributed by atoms with Crippen LogP contribution in [0.4, 0.5) is 17.2 Å². The van der Waals surface area contributed by atoms with E-state index in [2.05, 4.69) is 40.0 Å². The van der Waals surface area contributed by atoms with Gasteiger partial charge in [-0.3, -0.25) is 0 Å². The summed E-state index contributed by atoms with van der Waals surface area (Å²) in [6.45, 7) is 3.78. The van der Waals surface area contributed by atoms with Gasteiger partial charge in [-0.2, -0.15) is 0 Å². The van der Waals surface area contributed by atoms with E-state index in [1.54, 1.807) is 0 Å². The molecule has 2 N–H and O–H groups in total. The number of pyridine rings is 1. The molecule has 0 saturated carbocycles. The van der Waals surface area contributed by atoms with Crippen molar-refractivity contribution >= 4 is 34.4 Å². The van der Waals surface area contributed by atoms with Crippen LogP contribution in [0.3, 0.4) is 0 Å². The molecule has 2 heterocycles. The first-order valence-corrected chi connectivity index (χ1v) is 7.34. The van der Waals surface area contributed by atoms with E-state index in [0.717, 1.165) is 35.9 Å². The molecule has 0 atom stereocenters. The Morgan fingerprint density at radius 1 is 1.14 bits per heavy atom. The molecule has 0 aliphatic carbocycles. The zero-order chi connectivity index (χ0) is 15.0. The van der Waals surface area contributed by atoms with Crippen molar-refractivity contribution in [3.05, 3.63) is 47.7 Å². The molecular formula is C16H18N4S. The van der Waals surface area contributed by atoms with E-state index in [0.29, 0.717) is 4.99 Å². The number of benzene rings is 1. The summed E-state index contributed by atoms with van der Waals surface area (Å²) in [7, 11) is 2.11. The number of rotatable bonds is 2. The summed E-state index contributed by atoms with van der Waals surface area (Å²) in [5, 5.41) is 0. The third kappa shape index (κ3) is 2.45. The highest BCUT2D eigenvalue weighted by Crippen LogP contribution is 2.37. The molecule has 5 heteroatoms. The van der Waals surface area contributed by atoms with Gasteiger partial charge in [0, 0.05) is 25.8 Å². The predicted molar refractivity (Wildman–Crippen MR) is 91.6 cm³/mol. The zero-order valence-corrected chi connectivity index (χ0v) is 13.0.